The molecular weight excluding hydrogens is 314 g/mol. The lowest BCUT2D eigenvalue weighted by Crippen LogP contribution is -2.34. The third-order valence-corrected chi connectivity index (χ3v) is 4.27. The fraction of sp³-hybridized carbons (Fsp3) is 0.278. The summed E-state index contributed by atoms with van der Waals surface area (Å²) in [5.41, 5.74) is 2.56. The molecule has 2 aromatic rings. The van der Waals surface area contributed by atoms with E-state index in [0.717, 1.165) is 29.0 Å². The van der Waals surface area contributed by atoms with Gasteiger partial charge < -0.3 is 14.4 Å². The highest BCUT2D eigenvalue weighted by Gasteiger charge is 2.24. The number of likely N-dealkylation sites (N-methyl/N-ethyl adjacent to an activating group) is 1. The number of nitrogens with zero attached hydrogens (tertiary/aromatic N) is 1. The minimum atomic E-state index is 0.0389. The lowest BCUT2D eigenvalue weighted by Gasteiger charge is -2.26. The van der Waals surface area contributed by atoms with E-state index >= 15 is 0 Å². The van der Waals surface area contributed by atoms with Gasteiger partial charge in [-0.3, -0.25) is 4.79 Å². The predicted molar refractivity (Wildman–Crippen MR) is 89.4 cm³/mol. The number of carbonyl (C=O) groups excluding carboxylic acids is 1. The Balaban J connectivity index is 1.85. The molecule has 1 aliphatic rings. The Kier molecular flexibility index (Phi) is 4.44. The van der Waals surface area contributed by atoms with Crippen molar-refractivity contribution in [3.8, 4) is 11.5 Å². The average Bonchev–Trinajstić information content (AvgIpc) is 2.56. The van der Waals surface area contributed by atoms with E-state index in [9.17, 15) is 4.79 Å². The number of benzene rings is 2. The van der Waals surface area contributed by atoms with Crippen LogP contribution in [0.1, 0.15) is 21.5 Å². The molecular formula is C18H18ClNO3. The summed E-state index contributed by atoms with van der Waals surface area (Å²) in [6, 6.07) is 11.0. The van der Waals surface area contributed by atoms with Gasteiger partial charge in [-0.25, -0.2) is 0 Å². The van der Waals surface area contributed by atoms with E-state index in [4.69, 9.17) is 21.1 Å². The summed E-state index contributed by atoms with van der Waals surface area (Å²) < 4.78 is 11.3. The van der Waals surface area contributed by atoms with Gasteiger partial charge in [0.05, 0.1) is 7.11 Å². The molecule has 0 saturated carbocycles. The molecule has 4 nitrogen and oxygen atoms in total. The smallest absolute Gasteiger partial charge is 0.254 e. The molecule has 0 unspecified atom stereocenters. The Hall–Kier alpha value is -2.20. The summed E-state index contributed by atoms with van der Waals surface area (Å²) in [6.07, 6.45) is 0.792. The van der Waals surface area contributed by atoms with Gasteiger partial charge in [0.15, 0.2) is 0 Å². The van der Waals surface area contributed by atoms with Crippen molar-refractivity contribution in [3.63, 3.8) is 0 Å². The van der Waals surface area contributed by atoms with Gasteiger partial charge in [0, 0.05) is 35.3 Å². The Bertz CT molecular complexity index is 745. The normalized spacial score (nSPS) is 13.7. The molecule has 5 heteroatoms. The summed E-state index contributed by atoms with van der Waals surface area (Å²) in [7, 11) is 3.43. The van der Waals surface area contributed by atoms with Gasteiger partial charge in [0.1, 0.15) is 18.1 Å². The van der Waals surface area contributed by atoms with Gasteiger partial charge in [-0.2, -0.15) is 0 Å². The van der Waals surface area contributed by atoms with Crippen molar-refractivity contribution in [2.75, 3.05) is 20.7 Å². The van der Waals surface area contributed by atoms with Crippen molar-refractivity contribution >= 4 is 17.5 Å². The number of ether oxygens (including phenoxy) is 2. The molecule has 1 aliphatic heterocycles. The lowest BCUT2D eigenvalue weighted by molar-refractivity contribution is 0.0779. The van der Waals surface area contributed by atoms with E-state index in [2.05, 4.69) is 0 Å². The van der Waals surface area contributed by atoms with Crippen molar-refractivity contribution in [2.24, 2.45) is 0 Å². The maximum absolute atomic E-state index is 12.2. The summed E-state index contributed by atoms with van der Waals surface area (Å²) in [4.78, 5) is 13.9. The maximum Gasteiger partial charge on any atom is 0.254 e. The van der Waals surface area contributed by atoms with Gasteiger partial charge >= 0.3 is 0 Å². The molecule has 23 heavy (non-hydrogen) atoms. The molecule has 0 aliphatic carbocycles. The van der Waals surface area contributed by atoms with E-state index in [1.54, 1.807) is 18.1 Å². The van der Waals surface area contributed by atoms with Crippen LogP contribution in [0.15, 0.2) is 36.4 Å². The molecule has 0 aromatic heterocycles. The van der Waals surface area contributed by atoms with Crippen LogP contribution in [0.3, 0.4) is 0 Å². The molecule has 120 valence electrons. The maximum atomic E-state index is 12.2. The van der Waals surface area contributed by atoms with Gasteiger partial charge in [-0.05, 0) is 36.8 Å². The Labute approximate surface area is 140 Å². The van der Waals surface area contributed by atoms with Crippen LogP contribution >= 0.6 is 11.6 Å². The van der Waals surface area contributed by atoms with Crippen LogP contribution in [0.25, 0.3) is 0 Å². The van der Waals surface area contributed by atoms with Gasteiger partial charge in [0.25, 0.3) is 5.91 Å². The lowest BCUT2D eigenvalue weighted by atomic mass is 9.98. The van der Waals surface area contributed by atoms with Gasteiger partial charge in [-0.1, -0.05) is 17.7 Å². The Morgan fingerprint density at radius 2 is 2.04 bits per heavy atom. The van der Waals surface area contributed by atoms with Crippen molar-refractivity contribution in [1.82, 2.24) is 4.90 Å². The Morgan fingerprint density at radius 3 is 2.83 bits per heavy atom. The van der Waals surface area contributed by atoms with Crippen LogP contribution in [0.4, 0.5) is 0 Å². The molecule has 0 N–H and O–H groups in total. The first kappa shape index (κ1) is 15.7. The molecule has 0 fully saturated rings. The molecule has 0 spiro atoms. The molecule has 3 rings (SSSR count). The summed E-state index contributed by atoms with van der Waals surface area (Å²) in [5.74, 6) is 1.51. The van der Waals surface area contributed by atoms with Gasteiger partial charge in [0.2, 0.25) is 0 Å². The highest BCUT2D eigenvalue weighted by Crippen LogP contribution is 2.30. The molecule has 0 atom stereocenters. The monoisotopic (exact) mass is 331 g/mol. The van der Waals surface area contributed by atoms with E-state index in [1.165, 1.54) is 0 Å². The first-order valence-corrected chi connectivity index (χ1v) is 7.80. The van der Waals surface area contributed by atoms with Crippen molar-refractivity contribution in [2.45, 2.75) is 13.0 Å². The predicted octanol–water partition coefficient (Wildman–Crippen LogP) is 3.56. The second-order valence-electron chi connectivity index (χ2n) is 5.50. The zero-order valence-electron chi connectivity index (χ0n) is 13.1. The highest BCUT2D eigenvalue weighted by atomic mass is 35.5. The van der Waals surface area contributed by atoms with Gasteiger partial charge in [-0.15, -0.1) is 0 Å². The fourth-order valence-corrected chi connectivity index (χ4v) is 2.96. The first-order valence-electron chi connectivity index (χ1n) is 7.42. The number of hydrogen-bond donors (Lipinski definition) is 0. The number of halogens is 1. The fourth-order valence-electron chi connectivity index (χ4n) is 2.76. The van der Waals surface area contributed by atoms with Crippen molar-refractivity contribution in [3.05, 3.63) is 58.1 Å². The minimum absolute atomic E-state index is 0.0389. The standard InChI is InChI=1S/C18H18ClNO3/c1-20-9-8-14-15(18(20)21)4-3-5-17(14)23-11-12-10-13(19)6-7-16(12)22-2/h3-7,10H,8-9,11H2,1-2H3. The largest absolute Gasteiger partial charge is 0.496 e. The topological polar surface area (TPSA) is 38.8 Å². The van der Waals surface area contributed by atoms with Crippen LogP contribution in [0.5, 0.6) is 11.5 Å². The quantitative estimate of drug-likeness (QED) is 0.860. The van der Waals surface area contributed by atoms with Crippen LogP contribution < -0.4 is 9.47 Å². The number of carbonyl (C=O) groups is 1. The second-order valence-corrected chi connectivity index (χ2v) is 5.94. The summed E-state index contributed by atoms with van der Waals surface area (Å²) >= 11 is 6.04. The van der Waals surface area contributed by atoms with Crippen LogP contribution in [-0.2, 0) is 13.0 Å². The highest BCUT2D eigenvalue weighted by molar-refractivity contribution is 6.30. The molecule has 0 radical (unpaired) electrons. The van der Waals surface area contributed by atoms with E-state index < -0.39 is 0 Å². The molecule has 0 saturated heterocycles. The SMILES string of the molecule is COc1ccc(Cl)cc1COc1cccc2c1CCN(C)C2=O. The number of rotatable bonds is 4. The number of fused-ring (bicyclic) bond motifs is 1. The zero-order chi connectivity index (χ0) is 16.4. The van der Waals surface area contributed by atoms with Crippen molar-refractivity contribution in [1.29, 1.82) is 0 Å². The second kappa shape index (κ2) is 6.50. The van der Waals surface area contributed by atoms with Crippen LogP contribution in [0, 0.1) is 0 Å². The van der Waals surface area contributed by atoms with Crippen LogP contribution in [0.2, 0.25) is 5.02 Å². The summed E-state index contributed by atoms with van der Waals surface area (Å²) in [6.45, 7) is 1.04. The zero-order valence-corrected chi connectivity index (χ0v) is 13.9. The molecule has 1 heterocycles. The molecule has 1 amide bonds. The molecule has 2 aromatic carbocycles. The minimum Gasteiger partial charge on any atom is -0.496 e. The number of amides is 1. The third-order valence-electron chi connectivity index (χ3n) is 4.03. The summed E-state index contributed by atoms with van der Waals surface area (Å²) in [5, 5.41) is 0.635. The number of methoxy groups -OCH3 is 1. The van der Waals surface area contributed by atoms with Crippen LogP contribution in [-0.4, -0.2) is 31.5 Å². The average molecular weight is 332 g/mol. The van der Waals surface area contributed by atoms with Crippen molar-refractivity contribution < 1.29 is 14.3 Å². The van der Waals surface area contributed by atoms with E-state index in [0.29, 0.717) is 23.7 Å². The Morgan fingerprint density at radius 1 is 1.22 bits per heavy atom. The van der Waals surface area contributed by atoms with E-state index in [-0.39, 0.29) is 5.91 Å². The third kappa shape index (κ3) is 3.13. The van der Waals surface area contributed by atoms with E-state index in [1.807, 2.05) is 37.4 Å². The number of hydrogen-bond acceptors (Lipinski definition) is 3. The first-order chi connectivity index (χ1) is 11.1. The molecule has 0 bridgehead atoms.